The summed E-state index contributed by atoms with van der Waals surface area (Å²) < 4.78 is 5.20. The number of nitrogens with one attached hydrogen (secondary N) is 1. The Morgan fingerprint density at radius 2 is 2.11 bits per heavy atom. The second-order valence-corrected chi connectivity index (χ2v) is 4.06. The molecule has 100 valence electrons. The number of ether oxygens (including phenoxy) is 1. The average Bonchev–Trinajstić information content (AvgIpc) is 2.26. The first-order valence-electron chi connectivity index (χ1n) is 5.15. The molecule has 0 spiro atoms. The second kappa shape index (κ2) is 5.02. The first-order valence-corrected chi connectivity index (χ1v) is 5.53. The van der Waals surface area contributed by atoms with E-state index in [1.807, 2.05) is 0 Å². The van der Waals surface area contributed by atoms with E-state index in [9.17, 15) is 4.79 Å². The van der Waals surface area contributed by atoms with E-state index in [1.165, 1.54) is 6.07 Å². The number of amides is 1. The molecule has 1 heterocycles. The molecule has 1 aromatic rings. The van der Waals surface area contributed by atoms with Crippen LogP contribution in [0.1, 0.15) is 0 Å². The number of anilines is 1. The third-order valence-corrected chi connectivity index (χ3v) is 2.42. The molecule has 0 atom stereocenters. The fourth-order valence-corrected chi connectivity index (χ4v) is 1.76. The van der Waals surface area contributed by atoms with Crippen molar-refractivity contribution in [1.82, 2.24) is 0 Å². The van der Waals surface area contributed by atoms with Gasteiger partial charge in [0, 0.05) is 0 Å². The Kier molecular flexibility index (Phi) is 3.43. The lowest BCUT2D eigenvalue weighted by Crippen LogP contribution is -2.26. The highest BCUT2D eigenvalue weighted by Gasteiger charge is 2.19. The zero-order valence-electron chi connectivity index (χ0n) is 9.68. The Bertz CT molecular complexity index is 594. The minimum atomic E-state index is -0.276. The number of fused-ring (bicyclic) bond motifs is 1. The van der Waals surface area contributed by atoms with Gasteiger partial charge in [0.05, 0.1) is 16.4 Å². The smallest absolute Gasteiger partial charge is 0.262 e. The van der Waals surface area contributed by atoms with Crippen LogP contribution in [0.15, 0.2) is 22.1 Å². The largest absolute Gasteiger partial charge is 0.480 e. The standard InChI is InChI=1S/C10H11ClN6O2/c11-5-1-4(15-10(14)17-9(12)13)2-6-8(5)19-3-7(18)16-6/h1-2H,3H2,(H,16,18)(H6,12,13,14,15,17). The number of nitrogens with two attached hydrogens (primary N) is 3. The highest BCUT2D eigenvalue weighted by atomic mass is 35.5. The van der Waals surface area contributed by atoms with Gasteiger partial charge < -0.3 is 27.3 Å². The van der Waals surface area contributed by atoms with E-state index in [2.05, 4.69) is 15.3 Å². The van der Waals surface area contributed by atoms with Gasteiger partial charge in [-0.2, -0.15) is 4.99 Å². The number of nitrogens with zero attached hydrogens (tertiary/aromatic N) is 2. The first kappa shape index (κ1) is 13.0. The lowest BCUT2D eigenvalue weighted by atomic mass is 10.2. The predicted octanol–water partition coefficient (Wildman–Crippen LogP) is -0.109. The van der Waals surface area contributed by atoms with E-state index < -0.39 is 0 Å². The Morgan fingerprint density at radius 3 is 2.79 bits per heavy atom. The highest BCUT2D eigenvalue weighted by Crippen LogP contribution is 2.39. The SMILES string of the molecule is NC(N)=NC(N)=Nc1cc(Cl)c2c(c1)NC(=O)CO2. The average molecular weight is 283 g/mol. The summed E-state index contributed by atoms with van der Waals surface area (Å²) in [5.41, 5.74) is 16.6. The van der Waals surface area contributed by atoms with Crippen molar-refractivity contribution in [2.24, 2.45) is 27.2 Å². The van der Waals surface area contributed by atoms with Crippen LogP contribution in [0.2, 0.25) is 5.02 Å². The molecular formula is C10H11ClN6O2. The van der Waals surface area contributed by atoms with Gasteiger partial charge in [-0.3, -0.25) is 4.79 Å². The zero-order valence-corrected chi connectivity index (χ0v) is 10.4. The maximum atomic E-state index is 11.2. The van der Waals surface area contributed by atoms with Gasteiger partial charge in [-0.05, 0) is 12.1 Å². The summed E-state index contributed by atoms with van der Waals surface area (Å²) in [5, 5.41) is 2.91. The normalized spacial score (nSPS) is 14.2. The third kappa shape index (κ3) is 3.05. The number of hydrogen-bond donors (Lipinski definition) is 4. The number of halogens is 1. The van der Waals surface area contributed by atoms with Crippen LogP contribution in [0.25, 0.3) is 0 Å². The molecule has 9 heteroatoms. The van der Waals surface area contributed by atoms with Crippen LogP contribution in [-0.2, 0) is 4.79 Å². The molecule has 7 N–H and O–H groups in total. The summed E-state index contributed by atoms with van der Waals surface area (Å²) in [6.07, 6.45) is 0. The number of benzene rings is 1. The number of rotatable bonds is 1. The molecule has 1 aliphatic rings. The van der Waals surface area contributed by atoms with Crippen LogP contribution in [0.3, 0.4) is 0 Å². The molecule has 19 heavy (non-hydrogen) atoms. The quantitative estimate of drug-likeness (QED) is 0.420. The van der Waals surface area contributed by atoms with Gasteiger partial charge in [0.25, 0.3) is 5.91 Å². The van der Waals surface area contributed by atoms with E-state index in [1.54, 1.807) is 6.07 Å². The Labute approximate surface area is 113 Å². The topological polar surface area (TPSA) is 141 Å². The monoisotopic (exact) mass is 282 g/mol. The first-order chi connectivity index (χ1) is 8.95. The lowest BCUT2D eigenvalue weighted by molar-refractivity contribution is -0.118. The summed E-state index contributed by atoms with van der Waals surface area (Å²) in [4.78, 5) is 18.7. The van der Waals surface area contributed by atoms with Crippen LogP contribution in [0.4, 0.5) is 11.4 Å². The van der Waals surface area contributed by atoms with Crippen molar-refractivity contribution >= 4 is 40.8 Å². The summed E-state index contributed by atoms with van der Waals surface area (Å²) in [6, 6.07) is 3.07. The summed E-state index contributed by atoms with van der Waals surface area (Å²) in [7, 11) is 0. The van der Waals surface area contributed by atoms with Crippen molar-refractivity contribution < 1.29 is 9.53 Å². The molecule has 0 unspecified atom stereocenters. The summed E-state index contributed by atoms with van der Waals surface area (Å²) in [5.74, 6) is -0.219. The van der Waals surface area contributed by atoms with Gasteiger partial charge in [0.2, 0.25) is 5.96 Å². The van der Waals surface area contributed by atoms with Crippen LogP contribution < -0.4 is 27.3 Å². The van der Waals surface area contributed by atoms with E-state index in [4.69, 9.17) is 33.5 Å². The molecule has 1 amide bonds. The molecule has 0 aliphatic carbocycles. The summed E-state index contributed by atoms with van der Waals surface area (Å²) in [6.45, 7) is -0.0779. The van der Waals surface area contributed by atoms with Crippen molar-refractivity contribution in [2.45, 2.75) is 0 Å². The van der Waals surface area contributed by atoms with E-state index in [-0.39, 0.29) is 24.4 Å². The molecule has 0 fully saturated rings. The number of carbonyl (C=O) groups is 1. The molecule has 0 bridgehead atoms. The second-order valence-electron chi connectivity index (χ2n) is 3.65. The molecule has 1 aromatic carbocycles. The van der Waals surface area contributed by atoms with Crippen molar-refractivity contribution in [1.29, 1.82) is 0 Å². The van der Waals surface area contributed by atoms with Crippen LogP contribution in [0.5, 0.6) is 5.75 Å². The van der Waals surface area contributed by atoms with Gasteiger partial charge in [0.15, 0.2) is 18.3 Å². The molecule has 0 radical (unpaired) electrons. The molecule has 0 aromatic heterocycles. The van der Waals surface area contributed by atoms with E-state index >= 15 is 0 Å². The highest BCUT2D eigenvalue weighted by molar-refractivity contribution is 6.33. The van der Waals surface area contributed by atoms with Gasteiger partial charge in [-0.1, -0.05) is 11.6 Å². The van der Waals surface area contributed by atoms with E-state index in [0.29, 0.717) is 22.1 Å². The molecule has 2 rings (SSSR count). The number of aliphatic imine (C=N–C) groups is 2. The lowest BCUT2D eigenvalue weighted by Gasteiger charge is -2.19. The molecule has 8 nitrogen and oxygen atoms in total. The van der Waals surface area contributed by atoms with Crippen molar-refractivity contribution in [3.63, 3.8) is 0 Å². The maximum absolute atomic E-state index is 11.2. The van der Waals surface area contributed by atoms with Gasteiger partial charge in [-0.25, -0.2) is 4.99 Å². The van der Waals surface area contributed by atoms with Crippen LogP contribution >= 0.6 is 11.6 Å². The van der Waals surface area contributed by atoms with Crippen molar-refractivity contribution in [2.75, 3.05) is 11.9 Å². The minimum Gasteiger partial charge on any atom is -0.480 e. The Morgan fingerprint density at radius 1 is 1.37 bits per heavy atom. The maximum Gasteiger partial charge on any atom is 0.262 e. The van der Waals surface area contributed by atoms with Crippen LogP contribution in [0, 0.1) is 0 Å². The van der Waals surface area contributed by atoms with Crippen molar-refractivity contribution in [3.05, 3.63) is 17.2 Å². The van der Waals surface area contributed by atoms with Crippen LogP contribution in [-0.4, -0.2) is 24.4 Å². The molecular weight excluding hydrogens is 272 g/mol. The minimum absolute atomic E-state index is 0.0779. The number of carbonyl (C=O) groups excluding carboxylic acids is 1. The van der Waals surface area contributed by atoms with Gasteiger partial charge >= 0.3 is 0 Å². The van der Waals surface area contributed by atoms with E-state index in [0.717, 1.165) is 0 Å². The Balaban J connectivity index is 2.39. The number of guanidine groups is 2. The van der Waals surface area contributed by atoms with Gasteiger partial charge in [-0.15, -0.1) is 0 Å². The zero-order chi connectivity index (χ0) is 14.0. The fraction of sp³-hybridized carbons (Fsp3) is 0.100. The Hall–Kier alpha value is -2.48. The molecule has 0 saturated heterocycles. The molecule has 0 saturated carbocycles. The molecule has 1 aliphatic heterocycles. The predicted molar refractivity (Wildman–Crippen MR) is 72.7 cm³/mol. The summed E-state index contributed by atoms with van der Waals surface area (Å²) >= 11 is 6.01. The number of hydrogen-bond acceptors (Lipinski definition) is 3. The fourth-order valence-electron chi connectivity index (χ4n) is 1.50. The van der Waals surface area contributed by atoms with Crippen molar-refractivity contribution in [3.8, 4) is 5.75 Å². The van der Waals surface area contributed by atoms with Gasteiger partial charge in [0.1, 0.15) is 0 Å². The third-order valence-electron chi connectivity index (χ3n) is 2.14.